The molecule has 7 aliphatic rings. The Labute approximate surface area is 407 Å². The molecule has 0 aliphatic heterocycles. The average molecular weight is 894 g/mol. The quantitative estimate of drug-likeness (QED) is 0.135. The maximum Gasteiger partial charge on any atom is 0.145 e. The molecule has 69 heavy (non-hydrogen) atoms. The van der Waals surface area contributed by atoms with Crippen molar-refractivity contribution in [2.45, 2.75) is 81.1 Å². The molecule has 3 heteroatoms. The van der Waals surface area contributed by atoms with Crippen LogP contribution in [0.4, 0.5) is 11.4 Å². The third kappa shape index (κ3) is 6.94. The van der Waals surface area contributed by atoms with Crippen LogP contribution in [-0.2, 0) is 5.41 Å². The second-order valence-corrected chi connectivity index (χ2v) is 21.1. The van der Waals surface area contributed by atoms with Crippen molar-refractivity contribution in [3.8, 4) is 22.5 Å². The lowest BCUT2D eigenvalue weighted by Gasteiger charge is -2.46. The zero-order valence-electron chi connectivity index (χ0n) is 39.4. The predicted molar refractivity (Wildman–Crippen MR) is 285 cm³/mol. The van der Waals surface area contributed by atoms with E-state index in [1.165, 1.54) is 81.7 Å². The van der Waals surface area contributed by atoms with Gasteiger partial charge in [-0.1, -0.05) is 158 Å². The first-order valence-corrected chi connectivity index (χ1v) is 26.1. The molecule has 6 aromatic carbocycles. The van der Waals surface area contributed by atoms with Gasteiger partial charge in [-0.25, -0.2) is 4.98 Å². The number of anilines is 2. The smallest absolute Gasteiger partial charge is 0.145 e. The largest absolute Gasteiger partial charge is 0.338 e. The Kier molecular flexibility index (Phi) is 9.89. The summed E-state index contributed by atoms with van der Waals surface area (Å²) in [5, 5.41) is 0. The van der Waals surface area contributed by atoms with Crippen LogP contribution in [0, 0.1) is 23.7 Å². The topological polar surface area (TPSA) is 21.1 Å². The summed E-state index contributed by atoms with van der Waals surface area (Å²) in [7, 11) is 0. The summed E-state index contributed by atoms with van der Waals surface area (Å²) in [5.74, 6) is 4.61. The number of aromatic nitrogens is 2. The summed E-state index contributed by atoms with van der Waals surface area (Å²) in [6, 6.07) is 58.1. The van der Waals surface area contributed by atoms with Gasteiger partial charge in [0, 0.05) is 41.0 Å². The highest BCUT2D eigenvalue weighted by molar-refractivity contribution is 5.89. The minimum atomic E-state index is -0.345. The zero-order chi connectivity index (χ0) is 45.5. The van der Waals surface area contributed by atoms with Gasteiger partial charge in [0.05, 0.1) is 16.4 Å². The van der Waals surface area contributed by atoms with Gasteiger partial charge in [-0.15, -0.1) is 0 Å². The second-order valence-electron chi connectivity index (χ2n) is 21.1. The van der Waals surface area contributed by atoms with Crippen LogP contribution in [0.2, 0.25) is 0 Å². The van der Waals surface area contributed by atoms with E-state index in [0.717, 1.165) is 54.5 Å². The number of hydrogen-bond donors (Lipinski definition) is 0. The molecule has 5 unspecified atom stereocenters. The molecular weight excluding hydrogens is 835 g/mol. The number of imidazole rings is 1. The van der Waals surface area contributed by atoms with Crippen LogP contribution >= 0.6 is 0 Å². The van der Waals surface area contributed by atoms with Crippen molar-refractivity contribution in [1.29, 1.82) is 0 Å². The molecule has 3 fully saturated rings. The summed E-state index contributed by atoms with van der Waals surface area (Å²) < 4.78 is 2.45. The lowest BCUT2D eigenvalue weighted by Crippen LogP contribution is -2.39. The monoisotopic (exact) mass is 893 g/mol. The molecule has 2 bridgehead atoms. The number of nitrogens with zero attached hydrogens (tertiary/aromatic N) is 3. The minimum absolute atomic E-state index is 0.345. The molecule has 0 amide bonds. The van der Waals surface area contributed by atoms with Gasteiger partial charge in [0.1, 0.15) is 5.82 Å². The minimum Gasteiger partial charge on any atom is -0.338 e. The zero-order valence-corrected chi connectivity index (χ0v) is 39.4. The molecule has 1 heterocycles. The van der Waals surface area contributed by atoms with E-state index in [9.17, 15) is 0 Å². The standard InChI is InChI=1S/C66H59N3/c1-2-13-23-53(22-12-1)69-64-41-48(45-17-8-4-9-18-45)30-38-63(64)67-65(69)47-28-34-55(35-29-47)68(54-32-26-46(27-33-54)44-15-6-3-7-16-44)56-36-37-57-60-42-52(31-25-50-39-58(50)60)66(62(57)43-56,51-20-10-5-11-21-51)61-24-14-19-49-40-59(49)61/h1,3-12,14-21,23-25,28-31,34-38,41-43,46,49-50,54,58-60H,2,13,22,26-27,32-33,39-40H2/t46?,49?,50?,54?,58-,59?,60?,66?/m0/s1. The summed E-state index contributed by atoms with van der Waals surface area (Å²) in [4.78, 5) is 8.19. The number of hydrogen-bond acceptors (Lipinski definition) is 2. The number of allylic oxidation sites excluding steroid dienone is 12. The van der Waals surface area contributed by atoms with Crippen molar-refractivity contribution in [3.63, 3.8) is 0 Å². The Morgan fingerprint density at radius 3 is 2.23 bits per heavy atom. The summed E-state index contributed by atoms with van der Waals surface area (Å²) >= 11 is 0. The van der Waals surface area contributed by atoms with Crippen LogP contribution in [-0.4, -0.2) is 15.6 Å². The highest BCUT2D eigenvalue weighted by atomic mass is 15.2. The van der Waals surface area contributed by atoms with Crippen LogP contribution in [0.1, 0.15) is 91.9 Å². The highest BCUT2D eigenvalue weighted by Crippen LogP contribution is 2.65. The molecule has 0 saturated heterocycles. The SMILES string of the molecule is C1=CC2CC2C(C2(c3ccccc3)C3=CC(c4ccc(N(c5ccc(-c6nc7ccc(-c8ccccc8)cc7n6C6=CCCC=CC6)cc5)C5CCC(c6ccccc6)CC5)cc42)[C@H]2CC2C=C3)=C1. The predicted octanol–water partition coefficient (Wildman–Crippen LogP) is 16.5. The van der Waals surface area contributed by atoms with Crippen molar-refractivity contribution < 1.29 is 0 Å². The van der Waals surface area contributed by atoms with E-state index in [1.807, 2.05) is 0 Å². The van der Waals surface area contributed by atoms with E-state index in [-0.39, 0.29) is 5.41 Å². The molecule has 0 N–H and O–H groups in total. The van der Waals surface area contributed by atoms with E-state index >= 15 is 0 Å². The molecule has 6 atom stereocenters. The van der Waals surface area contributed by atoms with E-state index < -0.39 is 0 Å². The first kappa shape index (κ1) is 41.0. The molecule has 7 aliphatic carbocycles. The van der Waals surface area contributed by atoms with Crippen molar-refractivity contribution in [1.82, 2.24) is 9.55 Å². The molecule has 3 saturated carbocycles. The van der Waals surface area contributed by atoms with Crippen molar-refractivity contribution in [3.05, 3.63) is 240 Å². The van der Waals surface area contributed by atoms with Gasteiger partial charge in [-0.3, -0.25) is 4.57 Å². The van der Waals surface area contributed by atoms with Crippen LogP contribution in [0.3, 0.4) is 0 Å². The Balaban J connectivity index is 0.916. The molecule has 338 valence electrons. The third-order valence-corrected chi connectivity index (χ3v) is 17.3. The first-order chi connectivity index (χ1) is 34.2. The maximum absolute atomic E-state index is 5.44. The van der Waals surface area contributed by atoms with Crippen LogP contribution < -0.4 is 4.90 Å². The van der Waals surface area contributed by atoms with E-state index in [4.69, 9.17) is 4.98 Å². The Morgan fingerprint density at radius 2 is 1.41 bits per heavy atom. The molecule has 7 aromatic rings. The Morgan fingerprint density at radius 1 is 0.638 bits per heavy atom. The molecule has 3 nitrogen and oxygen atoms in total. The Hall–Kier alpha value is -6.97. The molecule has 0 spiro atoms. The fourth-order valence-corrected chi connectivity index (χ4v) is 13.7. The van der Waals surface area contributed by atoms with Crippen molar-refractivity contribution in [2.24, 2.45) is 23.7 Å². The number of benzene rings is 6. The molecular formula is C66H59N3. The van der Waals surface area contributed by atoms with Gasteiger partial charge in [0.15, 0.2) is 0 Å². The average Bonchev–Trinajstić information content (AvgIpc) is 4.35. The van der Waals surface area contributed by atoms with Crippen LogP contribution in [0.25, 0.3) is 39.2 Å². The second kappa shape index (κ2) is 16.6. The van der Waals surface area contributed by atoms with Gasteiger partial charge in [-0.05, 0) is 174 Å². The normalized spacial score (nSPS) is 27.2. The van der Waals surface area contributed by atoms with Crippen LogP contribution in [0.5, 0.6) is 0 Å². The Bertz CT molecular complexity index is 3280. The van der Waals surface area contributed by atoms with Gasteiger partial charge in [0.2, 0.25) is 0 Å². The molecule has 0 radical (unpaired) electrons. The van der Waals surface area contributed by atoms with Gasteiger partial charge in [0.25, 0.3) is 0 Å². The van der Waals surface area contributed by atoms with Crippen molar-refractivity contribution in [2.75, 3.05) is 4.90 Å². The lowest BCUT2D eigenvalue weighted by atomic mass is 9.57. The summed E-state index contributed by atoms with van der Waals surface area (Å²) in [6.07, 6.45) is 32.5. The van der Waals surface area contributed by atoms with E-state index in [1.54, 1.807) is 5.57 Å². The maximum atomic E-state index is 5.44. The van der Waals surface area contributed by atoms with Gasteiger partial charge < -0.3 is 4.90 Å². The fourth-order valence-electron chi connectivity index (χ4n) is 13.7. The lowest BCUT2D eigenvalue weighted by molar-refractivity contribution is 0.392. The summed E-state index contributed by atoms with van der Waals surface area (Å²) in [5.41, 5.74) is 18.3. The van der Waals surface area contributed by atoms with Gasteiger partial charge in [-0.2, -0.15) is 0 Å². The molecule has 14 rings (SSSR count). The number of rotatable bonds is 9. The van der Waals surface area contributed by atoms with Gasteiger partial charge >= 0.3 is 0 Å². The third-order valence-electron chi connectivity index (χ3n) is 17.3. The van der Waals surface area contributed by atoms with Crippen molar-refractivity contribution >= 4 is 28.1 Å². The van der Waals surface area contributed by atoms with E-state index in [0.29, 0.717) is 41.5 Å². The number of fused-ring (bicyclic) bond motifs is 7. The first-order valence-electron chi connectivity index (χ1n) is 26.1. The van der Waals surface area contributed by atoms with E-state index in [2.05, 4.69) is 216 Å². The summed E-state index contributed by atoms with van der Waals surface area (Å²) in [6.45, 7) is 0. The highest BCUT2D eigenvalue weighted by Gasteiger charge is 2.56. The van der Waals surface area contributed by atoms with Crippen LogP contribution in [0.15, 0.2) is 217 Å². The molecule has 1 aromatic heterocycles. The fraction of sp³-hybridized carbons (Fsp3) is 0.258.